The molecular weight excluding hydrogens is 475 g/mol. The van der Waals surface area contributed by atoms with Gasteiger partial charge in [-0.3, -0.25) is 0 Å². The molecule has 0 atom stereocenters. The van der Waals surface area contributed by atoms with Crippen LogP contribution in [0.3, 0.4) is 0 Å². The lowest BCUT2D eigenvalue weighted by Gasteiger charge is -2.34. The Hall–Kier alpha value is -2.14. The van der Waals surface area contributed by atoms with Crippen LogP contribution in [0.5, 0.6) is 5.75 Å². The van der Waals surface area contributed by atoms with Gasteiger partial charge in [-0.1, -0.05) is 35.3 Å². The summed E-state index contributed by atoms with van der Waals surface area (Å²) in [6, 6.07) is 9.73. The topological polar surface area (TPSA) is 79.0 Å². The smallest absolute Gasteiger partial charge is 0.387 e. The molecule has 31 heavy (non-hydrogen) atoms. The number of alkyl halides is 2. The number of piperazine rings is 1. The molecule has 0 spiro atoms. The molecule has 1 aliphatic rings. The summed E-state index contributed by atoms with van der Waals surface area (Å²) in [5.41, 5.74) is 0.590. The molecule has 1 N–H and O–H groups in total. The van der Waals surface area contributed by atoms with E-state index in [0.717, 1.165) is 0 Å². The number of carbonyl (C=O) groups is 1. The maximum Gasteiger partial charge on any atom is 0.387 e. The van der Waals surface area contributed by atoms with Gasteiger partial charge in [0, 0.05) is 32.7 Å². The Labute approximate surface area is 188 Å². The molecule has 1 aliphatic heterocycles. The van der Waals surface area contributed by atoms with Crippen LogP contribution in [0.1, 0.15) is 5.56 Å². The molecule has 0 saturated carbocycles. The van der Waals surface area contributed by atoms with E-state index in [4.69, 9.17) is 23.2 Å². The third-order valence-corrected chi connectivity index (χ3v) is 7.26. The van der Waals surface area contributed by atoms with Crippen LogP contribution in [-0.2, 0) is 16.6 Å². The molecule has 12 heteroatoms. The Morgan fingerprint density at radius 3 is 2.42 bits per heavy atom. The van der Waals surface area contributed by atoms with Crippen LogP contribution in [0.2, 0.25) is 10.0 Å². The number of rotatable bonds is 6. The second-order valence-electron chi connectivity index (χ2n) is 6.65. The van der Waals surface area contributed by atoms with E-state index in [1.165, 1.54) is 39.5 Å². The van der Waals surface area contributed by atoms with Crippen molar-refractivity contribution in [2.24, 2.45) is 0 Å². The van der Waals surface area contributed by atoms with E-state index in [2.05, 4.69) is 10.1 Å². The first-order valence-electron chi connectivity index (χ1n) is 9.18. The maximum atomic E-state index is 12.8. The first kappa shape index (κ1) is 23.5. The summed E-state index contributed by atoms with van der Waals surface area (Å²) in [5, 5.41) is 3.09. The molecule has 7 nitrogen and oxygen atoms in total. The van der Waals surface area contributed by atoms with Crippen LogP contribution in [-0.4, -0.2) is 56.4 Å². The second kappa shape index (κ2) is 9.99. The van der Waals surface area contributed by atoms with Gasteiger partial charge < -0.3 is 15.0 Å². The van der Waals surface area contributed by atoms with Crippen molar-refractivity contribution in [3.8, 4) is 5.75 Å². The number of amides is 2. The van der Waals surface area contributed by atoms with Crippen LogP contribution in [0, 0.1) is 0 Å². The van der Waals surface area contributed by atoms with Gasteiger partial charge in [0.05, 0.1) is 14.9 Å². The molecule has 0 aromatic heterocycles. The molecule has 2 aromatic carbocycles. The molecule has 0 radical (unpaired) electrons. The van der Waals surface area contributed by atoms with E-state index in [0.29, 0.717) is 5.56 Å². The van der Waals surface area contributed by atoms with Crippen molar-refractivity contribution in [1.82, 2.24) is 14.5 Å². The molecular formula is C19H19Cl2F2N3O4S. The summed E-state index contributed by atoms with van der Waals surface area (Å²) in [5.74, 6) is 0.00266. The van der Waals surface area contributed by atoms with Crippen molar-refractivity contribution in [1.29, 1.82) is 0 Å². The lowest BCUT2D eigenvalue weighted by molar-refractivity contribution is -0.0498. The van der Waals surface area contributed by atoms with E-state index in [1.807, 2.05) is 0 Å². The standard InChI is InChI=1S/C19H19Cl2F2N3O4S/c20-16-5-4-15(11-17(16)21)31(28,29)26-8-6-25(7-9-26)19(27)24-12-13-2-1-3-14(10-13)30-18(22)23/h1-5,10-11,18H,6-9,12H2,(H,24,27). The highest BCUT2D eigenvalue weighted by Gasteiger charge is 2.30. The summed E-state index contributed by atoms with van der Waals surface area (Å²) >= 11 is 11.8. The van der Waals surface area contributed by atoms with Crippen LogP contribution >= 0.6 is 23.2 Å². The van der Waals surface area contributed by atoms with Crippen molar-refractivity contribution < 1.29 is 26.7 Å². The lowest BCUT2D eigenvalue weighted by Crippen LogP contribution is -2.52. The fraction of sp³-hybridized carbons (Fsp3) is 0.316. The van der Waals surface area contributed by atoms with Gasteiger partial charge in [0.15, 0.2) is 0 Å². The third-order valence-electron chi connectivity index (χ3n) is 4.62. The summed E-state index contributed by atoms with van der Waals surface area (Å²) in [7, 11) is -3.76. The molecule has 168 valence electrons. The molecule has 0 aliphatic carbocycles. The molecule has 1 saturated heterocycles. The van der Waals surface area contributed by atoms with Gasteiger partial charge in [0.1, 0.15) is 5.75 Å². The first-order chi connectivity index (χ1) is 14.7. The SMILES string of the molecule is O=C(NCc1cccc(OC(F)F)c1)N1CCN(S(=O)(=O)c2ccc(Cl)c(Cl)c2)CC1. The van der Waals surface area contributed by atoms with Gasteiger partial charge in [0.25, 0.3) is 0 Å². The van der Waals surface area contributed by atoms with E-state index < -0.39 is 16.6 Å². The van der Waals surface area contributed by atoms with E-state index in [9.17, 15) is 22.0 Å². The molecule has 0 bridgehead atoms. The van der Waals surface area contributed by atoms with Gasteiger partial charge in [-0.05, 0) is 35.9 Å². The molecule has 2 aromatic rings. The third kappa shape index (κ3) is 5.97. The van der Waals surface area contributed by atoms with Crippen molar-refractivity contribution >= 4 is 39.3 Å². The Kier molecular flexibility index (Phi) is 7.58. The van der Waals surface area contributed by atoms with Gasteiger partial charge >= 0.3 is 12.6 Å². The number of carbonyl (C=O) groups excluding carboxylic acids is 1. The van der Waals surface area contributed by atoms with Crippen LogP contribution in [0.25, 0.3) is 0 Å². The van der Waals surface area contributed by atoms with E-state index >= 15 is 0 Å². The molecule has 0 unspecified atom stereocenters. The molecule has 3 rings (SSSR count). The number of hydrogen-bond acceptors (Lipinski definition) is 4. The van der Waals surface area contributed by atoms with Crippen LogP contribution in [0.4, 0.5) is 13.6 Å². The monoisotopic (exact) mass is 493 g/mol. The zero-order chi connectivity index (χ0) is 22.6. The van der Waals surface area contributed by atoms with Crippen LogP contribution < -0.4 is 10.1 Å². The quantitative estimate of drug-likeness (QED) is 0.663. The number of sulfonamides is 1. The second-order valence-corrected chi connectivity index (χ2v) is 9.40. The summed E-state index contributed by atoms with van der Waals surface area (Å²) in [4.78, 5) is 13.9. The summed E-state index contributed by atoms with van der Waals surface area (Å²) in [6.45, 7) is -2.19. The highest BCUT2D eigenvalue weighted by atomic mass is 35.5. The van der Waals surface area contributed by atoms with Crippen molar-refractivity contribution in [3.05, 3.63) is 58.1 Å². The Bertz CT molecular complexity index is 1050. The number of urea groups is 1. The fourth-order valence-corrected chi connectivity index (χ4v) is 4.85. The Morgan fingerprint density at radius 2 is 1.77 bits per heavy atom. The van der Waals surface area contributed by atoms with Gasteiger partial charge in [-0.2, -0.15) is 13.1 Å². The van der Waals surface area contributed by atoms with Gasteiger partial charge in [-0.15, -0.1) is 0 Å². The number of hydrogen-bond donors (Lipinski definition) is 1. The highest BCUT2D eigenvalue weighted by molar-refractivity contribution is 7.89. The van der Waals surface area contributed by atoms with E-state index in [-0.39, 0.29) is 59.4 Å². The van der Waals surface area contributed by atoms with E-state index in [1.54, 1.807) is 12.1 Å². The van der Waals surface area contributed by atoms with Gasteiger partial charge in [0.2, 0.25) is 10.0 Å². The number of nitrogens with zero attached hydrogens (tertiary/aromatic N) is 2. The maximum absolute atomic E-state index is 12.8. The number of benzene rings is 2. The Balaban J connectivity index is 1.54. The minimum atomic E-state index is -3.76. The highest BCUT2D eigenvalue weighted by Crippen LogP contribution is 2.27. The molecule has 1 heterocycles. The number of nitrogens with one attached hydrogen (secondary N) is 1. The summed E-state index contributed by atoms with van der Waals surface area (Å²) in [6.07, 6.45) is 0. The predicted octanol–water partition coefficient (Wildman–Crippen LogP) is 3.81. The largest absolute Gasteiger partial charge is 0.435 e. The normalized spacial score (nSPS) is 15.2. The van der Waals surface area contributed by atoms with Crippen molar-refractivity contribution in [3.63, 3.8) is 0 Å². The predicted molar refractivity (Wildman–Crippen MR) is 112 cm³/mol. The molecule has 2 amide bonds. The minimum Gasteiger partial charge on any atom is -0.435 e. The van der Waals surface area contributed by atoms with Crippen LogP contribution in [0.15, 0.2) is 47.4 Å². The van der Waals surface area contributed by atoms with Crippen molar-refractivity contribution in [2.45, 2.75) is 18.1 Å². The Morgan fingerprint density at radius 1 is 1.06 bits per heavy atom. The minimum absolute atomic E-state index is 0.00266. The first-order valence-corrected chi connectivity index (χ1v) is 11.4. The van der Waals surface area contributed by atoms with Gasteiger partial charge in [-0.25, -0.2) is 13.2 Å². The fourth-order valence-electron chi connectivity index (χ4n) is 3.04. The molecule has 1 fully saturated rings. The zero-order valence-corrected chi connectivity index (χ0v) is 18.4. The number of ether oxygens (including phenoxy) is 1. The summed E-state index contributed by atoms with van der Waals surface area (Å²) < 4.78 is 55.8. The average Bonchev–Trinajstić information content (AvgIpc) is 2.74. The van der Waals surface area contributed by atoms with Crippen molar-refractivity contribution in [2.75, 3.05) is 26.2 Å². The number of halogens is 4. The lowest BCUT2D eigenvalue weighted by atomic mass is 10.2. The zero-order valence-electron chi connectivity index (χ0n) is 16.1. The average molecular weight is 494 g/mol.